The molecular weight excluding hydrogens is 558 g/mol. The zero-order valence-electron chi connectivity index (χ0n) is 25.9. The first-order valence-corrected chi connectivity index (χ1v) is 16.7. The first kappa shape index (κ1) is 29.8. The maximum Gasteiger partial charge on any atom is 0.250 e. The molecule has 238 valence electrons. The molecule has 0 spiro atoms. The smallest absolute Gasteiger partial charge is 0.250 e. The highest BCUT2D eigenvalue weighted by atomic mass is 16.8. The number of benzene rings is 1. The Hall–Kier alpha value is -2.92. The van der Waals surface area contributed by atoms with Gasteiger partial charge in [0.2, 0.25) is 5.91 Å². The maximum absolute atomic E-state index is 14.9. The Labute approximate surface area is 259 Å². The monoisotopic (exact) mass is 604 g/mol. The summed E-state index contributed by atoms with van der Waals surface area (Å²) in [4.78, 5) is 35.1. The van der Waals surface area contributed by atoms with Gasteiger partial charge in [0, 0.05) is 75.3 Å². The van der Waals surface area contributed by atoms with E-state index in [2.05, 4.69) is 20.8 Å². The van der Waals surface area contributed by atoms with E-state index in [9.17, 15) is 20.0 Å². The van der Waals surface area contributed by atoms with Crippen molar-refractivity contribution >= 4 is 17.3 Å². The van der Waals surface area contributed by atoms with Crippen molar-refractivity contribution in [2.45, 2.75) is 75.9 Å². The van der Waals surface area contributed by atoms with E-state index in [1.165, 1.54) is 38.8 Å². The van der Waals surface area contributed by atoms with Crippen LogP contribution in [0.15, 0.2) is 41.2 Å². The average Bonchev–Trinajstić information content (AvgIpc) is 3.04. The lowest BCUT2D eigenvalue weighted by Crippen LogP contribution is -2.62. The van der Waals surface area contributed by atoms with Crippen LogP contribution < -0.4 is 15.7 Å². The number of rotatable bonds is 8. The number of hydrogen-bond acceptors (Lipinski definition) is 8. The van der Waals surface area contributed by atoms with Crippen LogP contribution in [0.5, 0.6) is 0 Å². The summed E-state index contributed by atoms with van der Waals surface area (Å²) in [5, 5.41) is 21.5. The largest absolute Gasteiger partial charge is 0.733 e. The maximum atomic E-state index is 14.9. The molecule has 44 heavy (non-hydrogen) atoms. The van der Waals surface area contributed by atoms with Crippen molar-refractivity contribution in [3.8, 4) is 0 Å². The molecule has 0 aliphatic carbocycles. The normalized spacial score (nSPS) is 29.2. The highest BCUT2D eigenvalue weighted by molar-refractivity contribution is 5.83. The van der Waals surface area contributed by atoms with Crippen LogP contribution in [-0.4, -0.2) is 84.0 Å². The van der Waals surface area contributed by atoms with Gasteiger partial charge in [0.1, 0.15) is 0 Å². The third-order valence-electron chi connectivity index (χ3n) is 11.3. The molecular formula is C34H46N5O5-. The fourth-order valence-electron chi connectivity index (χ4n) is 9.44. The van der Waals surface area contributed by atoms with E-state index in [0.717, 1.165) is 42.8 Å². The number of anilines is 2. The minimum absolute atomic E-state index is 0.0309. The molecule has 1 N–H and O–H groups in total. The number of carbonyl (C=O) groups excluding carboxylic acids is 1. The first-order valence-electron chi connectivity index (χ1n) is 16.7. The van der Waals surface area contributed by atoms with Gasteiger partial charge in [0.05, 0.1) is 11.6 Å². The van der Waals surface area contributed by atoms with Gasteiger partial charge in [-0.2, -0.15) is 0 Å². The van der Waals surface area contributed by atoms with Crippen LogP contribution in [0.25, 0.3) is 0 Å². The quantitative estimate of drug-likeness (QED) is 0.358. The van der Waals surface area contributed by atoms with Crippen molar-refractivity contribution < 1.29 is 14.7 Å². The standard InChI is InChI=1S/C34H46N5O5/c1-44-16-6-15-36(20-23-7-5-14-35-13-3-2-8-29(23)35)34(41)28-19-24-18-27(39(42)43)11-12-31(24)38-21-25-17-26(33(28)38)22-37-30(25)9-4-10-32(37)40/h4,9-12,18,23,25-26,28-29,33,42H,2-3,5-8,13-17,19-22H2,1H3/q-1. The van der Waals surface area contributed by atoms with Gasteiger partial charge in [-0.3, -0.25) is 14.8 Å². The highest BCUT2D eigenvalue weighted by Crippen LogP contribution is 2.48. The van der Waals surface area contributed by atoms with Gasteiger partial charge >= 0.3 is 0 Å². The summed E-state index contributed by atoms with van der Waals surface area (Å²) in [5.41, 5.74) is 3.23. The molecule has 0 saturated carbocycles. The van der Waals surface area contributed by atoms with Crippen LogP contribution in [0.1, 0.15) is 62.1 Å². The van der Waals surface area contributed by atoms with Gasteiger partial charge in [0.15, 0.2) is 0 Å². The second kappa shape index (κ2) is 12.5. The van der Waals surface area contributed by atoms with E-state index >= 15 is 0 Å². The van der Waals surface area contributed by atoms with Crippen LogP contribution in [-0.2, 0) is 22.5 Å². The highest BCUT2D eigenvalue weighted by Gasteiger charge is 2.50. The zero-order valence-corrected chi connectivity index (χ0v) is 25.9. The number of ether oxygens (including phenoxy) is 1. The Morgan fingerprint density at radius 3 is 2.82 bits per heavy atom. The number of carbonyl (C=O) groups is 1. The lowest BCUT2D eigenvalue weighted by molar-refractivity contribution is -0.139. The number of methoxy groups -OCH3 is 1. The molecule has 2 bridgehead atoms. The Kier molecular flexibility index (Phi) is 8.43. The van der Waals surface area contributed by atoms with Crippen molar-refractivity contribution in [1.29, 1.82) is 0 Å². The summed E-state index contributed by atoms with van der Waals surface area (Å²) < 4.78 is 7.35. The molecule has 0 radical (unpaired) electrons. The van der Waals surface area contributed by atoms with Gasteiger partial charge in [-0.15, -0.1) is 0 Å². The Morgan fingerprint density at radius 1 is 1.11 bits per heavy atom. The van der Waals surface area contributed by atoms with Gasteiger partial charge in [0.25, 0.3) is 5.56 Å². The first-order chi connectivity index (χ1) is 21.4. The second-order valence-electron chi connectivity index (χ2n) is 13.8. The van der Waals surface area contributed by atoms with E-state index in [4.69, 9.17) is 4.74 Å². The third-order valence-corrected chi connectivity index (χ3v) is 11.3. The summed E-state index contributed by atoms with van der Waals surface area (Å²) in [6.45, 7) is 5.69. The topological polar surface area (TPSA) is 105 Å². The predicted molar refractivity (Wildman–Crippen MR) is 169 cm³/mol. The van der Waals surface area contributed by atoms with Crippen molar-refractivity contribution in [1.82, 2.24) is 14.4 Å². The second-order valence-corrected chi connectivity index (χ2v) is 13.8. The summed E-state index contributed by atoms with van der Waals surface area (Å²) in [6, 6.07) is 11.4. The zero-order chi connectivity index (χ0) is 30.4. The molecule has 6 unspecified atom stereocenters. The number of piperidine rings is 3. The van der Waals surface area contributed by atoms with Crippen LogP contribution in [0.2, 0.25) is 0 Å². The number of fused-ring (bicyclic) bond motifs is 9. The molecule has 1 amide bonds. The lowest BCUT2D eigenvalue weighted by atomic mass is 9.69. The summed E-state index contributed by atoms with van der Waals surface area (Å²) in [7, 11) is 1.71. The third kappa shape index (κ3) is 5.44. The van der Waals surface area contributed by atoms with Crippen molar-refractivity contribution in [2.24, 2.45) is 17.8 Å². The van der Waals surface area contributed by atoms with Gasteiger partial charge in [-0.1, -0.05) is 12.5 Å². The average molecular weight is 605 g/mol. The molecule has 3 saturated heterocycles. The number of amides is 1. The number of aromatic nitrogens is 1. The Bertz CT molecular complexity index is 1410. The molecule has 5 aliphatic heterocycles. The number of pyridine rings is 1. The van der Waals surface area contributed by atoms with E-state index in [1.807, 2.05) is 16.7 Å². The van der Waals surface area contributed by atoms with Crippen LogP contribution in [0, 0.1) is 23.0 Å². The van der Waals surface area contributed by atoms with Gasteiger partial charge in [-0.05, 0) is 99.7 Å². The summed E-state index contributed by atoms with van der Waals surface area (Å²) in [6.07, 6.45) is 8.33. The van der Waals surface area contributed by atoms with Crippen LogP contribution >= 0.6 is 0 Å². The number of nitrogens with zero attached hydrogens (tertiary/aromatic N) is 5. The van der Waals surface area contributed by atoms with E-state index in [-0.39, 0.29) is 46.2 Å². The van der Waals surface area contributed by atoms with Gasteiger partial charge in [-0.25, -0.2) is 0 Å². The van der Waals surface area contributed by atoms with E-state index < -0.39 is 0 Å². The molecule has 6 heterocycles. The minimum atomic E-state index is -0.308. The summed E-state index contributed by atoms with van der Waals surface area (Å²) >= 11 is 0. The SMILES string of the molecule is COCCCN(CC1CCCN2CCCCC12)C(=O)C1Cc2cc(N([O-])O)ccc2N2CC3CC(Cn4c3cccc4=O)C12. The van der Waals surface area contributed by atoms with Crippen molar-refractivity contribution in [3.05, 3.63) is 63.2 Å². The molecule has 7 rings (SSSR count). The molecule has 10 nitrogen and oxygen atoms in total. The Balaban J connectivity index is 1.24. The number of hydrogen-bond donors (Lipinski definition) is 1. The van der Waals surface area contributed by atoms with E-state index in [1.54, 1.807) is 25.3 Å². The fourth-order valence-corrected chi connectivity index (χ4v) is 9.44. The molecule has 3 fully saturated rings. The van der Waals surface area contributed by atoms with Crippen molar-refractivity contribution in [2.75, 3.05) is 56.6 Å². The van der Waals surface area contributed by atoms with Crippen molar-refractivity contribution in [3.63, 3.8) is 0 Å². The van der Waals surface area contributed by atoms with Gasteiger partial charge < -0.3 is 34.4 Å². The summed E-state index contributed by atoms with van der Waals surface area (Å²) in [5.74, 6) is 0.672. The van der Waals surface area contributed by atoms with Crippen LogP contribution in [0.3, 0.4) is 0 Å². The lowest BCUT2D eigenvalue weighted by Gasteiger charge is -2.55. The molecule has 2 aromatic rings. The molecule has 1 aromatic heterocycles. The van der Waals surface area contributed by atoms with Crippen LogP contribution in [0.4, 0.5) is 11.4 Å². The molecule has 1 aromatic carbocycles. The predicted octanol–water partition coefficient (Wildman–Crippen LogP) is 3.84. The molecule has 6 atom stereocenters. The van der Waals surface area contributed by atoms with E-state index in [0.29, 0.717) is 44.6 Å². The Morgan fingerprint density at radius 2 is 1.98 bits per heavy atom. The molecule has 5 aliphatic rings. The minimum Gasteiger partial charge on any atom is -0.733 e. The molecule has 10 heteroatoms. The fraction of sp³-hybridized carbons (Fsp3) is 0.647.